The monoisotopic (exact) mass is 323 g/mol. The van der Waals surface area contributed by atoms with Crippen LogP contribution in [0.3, 0.4) is 0 Å². The molecule has 0 saturated heterocycles. The van der Waals surface area contributed by atoms with Crippen molar-refractivity contribution in [3.63, 3.8) is 0 Å². The predicted octanol–water partition coefficient (Wildman–Crippen LogP) is 1.08. The third-order valence-electron chi connectivity index (χ3n) is 2.69. The summed E-state index contributed by atoms with van der Waals surface area (Å²) in [6, 6.07) is 6.30. The number of amides is 2. The Morgan fingerprint density at radius 2 is 1.91 bits per heavy atom. The molecule has 23 heavy (non-hydrogen) atoms. The Bertz CT molecular complexity index is 612. The van der Waals surface area contributed by atoms with E-state index < -0.39 is 30.7 Å². The molecule has 0 radical (unpaired) electrons. The van der Waals surface area contributed by atoms with Gasteiger partial charge in [-0.1, -0.05) is 12.1 Å². The van der Waals surface area contributed by atoms with Gasteiger partial charge in [0.15, 0.2) is 18.5 Å². The summed E-state index contributed by atoms with van der Waals surface area (Å²) in [6.45, 7) is 2.26. The molecule has 0 unspecified atom stereocenters. The van der Waals surface area contributed by atoms with E-state index in [0.717, 1.165) is 7.11 Å². The largest absolute Gasteiger partial charge is 0.482 e. The van der Waals surface area contributed by atoms with Crippen molar-refractivity contribution in [3.05, 3.63) is 29.8 Å². The SMILES string of the molecule is COC(=O)NC(=O)[C@@H](C)OC(=O)COc1cccc(C(C)=O)c1. The van der Waals surface area contributed by atoms with Crippen molar-refractivity contribution in [1.82, 2.24) is 5.32 Å². The van der Waals surface area contributed by atoms with Crippen LogP contribution in [0.4, 0.5) is 4.79 Å². The van der Waals surface area contributed by atoms with Gasteiger partial charge >= 0.3 is 12.1 Å². The minimum Gasteiger partial charge on any atom is -0.482 e. The average molecular weight is 323 g/mol. The van der Waals surface area contributed by atoms with E-state index >= 15 is 0 Å². The van der Waals surface area contributed by atoms with E-state index in [1.165, 1.54) is 19.9 Å². The number of hydrogen-bond acceptors (Lipinski definition) is 7. The molecule has 0 aromatic heterocycles. The zero-order valence-corrected chi connectivity index (χ0v) is 13.0. The number of ether oxygens (including phenoxy) is 3. The molecule has 0 aliphatic heterocycles. The minimum atomic E-state index is -1.19. The fourth-order valence-corrected chi connectivity index (χ4v) is 1.49. The Balaban J connectivity index is 2.48. The van der Waals surface area contributed by atoms with Gasteiger partial charge < -0.3 is 14.2 Å². The van der Waals surface area contributed by atoms with E-state index in [4.69, 9.17) is 9.47 Å². The van der Waals surface area contributed by atoms with Crippen LogP contribution in [-0.2, 0) is 19.1 Å². The van der Waals surface area contributed by atoms with Crippen LogP contribution in [-0.4, -0.2) is 43.6 Å². The summed E-state index contributed by atoms with van der Waals surface area (Å²) in [6.07, 6.45) is -2.14. The van der Waals surface area contributed by atoms with E-state index in [0.29, 0.717) is 11.3 Å². The highest BCUT2D eigenvalue weighted by Crippen LogP contribution is 2.13. The quantitative estimate of drug-likeness (QED) is 0.616. The van der Waals surface area contributed by atoms with Gasteiger partial charge in [-0.15, -0.1) is 0 Å². The maximum atomic E-state index is 11.6. The second-order valence-corrected chi connectivity index (χ2v) is 4.49. The smallest absolute Gasteiger partial charge is 0.413 e. The standard InChI is InChI=1S/C15H17NO7/c1-9(17)11-5-4-6-12(7-11)22-8-13(18)23-10(2)14(19)16-15(20)21-3/h4-7,10H,8H2,1-3H3,(H,16,19,20)/t10-/m1/s1. The van der Waals surface area contributed by atoms with Gasteiger partial charge in [-0.25, -0.2) is 9.59 Å². The lowest BCUT2D eigenvalue weighted by Gasteiger charge is -2.13. The van der Waals surface area contributed by atoms with E-state index in [-0.39, 0.29) is 5.78 Å². The molecule has 1 N–H and O–H groups in total. The average Bonchev–Trinajstić information content (AvgIpc) is 2.52. The number of carbonyl (C=O) groups is 4. The highest BCUT2D eigenvalue weighted by atomic mass is 16.6. The normalized spacial score (nSPS) is 11.1. The Morgan fingerprint density at radius 3 is 2.52 bits per heavy atom. The maximum absolute atomic E-state index is 11.6. The number of benzene rings is 1. The molecule has 0 spiro atoms. The molecular weight excluding hydrogens is 306 g/mol. The molecule has 0 aliphatic rings. The fraction of sp³-hybridized carbons (Fsp3) is 0.333. The molecule has 1 rings (SSSR count). The highest BCUT2D eigenvalue weighted by molar-refractivity contribution is 5.95. The van der Waals surface area contributed by atoms with Crippen molar-refractivity contribution in [2.75, 3.05) is 13.7 Å². The van der Waals surface area contributed by atoms with Gasteiger partial charge in [0.2, 0.25) is 0 Å². The zero-order valence-electron chi connectivity index (χ0n) is 13.0. The number of methoxy groups -OCH3 is 1. The molecule has 0 fully saturated rings. The number of Topliss-reactive ketones (excluding diaryl/α,β-unsaturated/α-hetero) is 1. The Labute approximate surface area is 132 Å². The molecule has 0 saturated carbocycles. The number of carbonyl (C=O) groups excluding carboxylic acids is 4. The number of ketones is 1. The molecule has 1 atom stereocenters. The van der Waals surface area contributed by atoms with Crippen LogP contribution < -0.4 is 10.1 Å². The van der Waals surface area contributed by atoms with Gasteiger partial charge in [-0.3, -0.25) is 14.9 Å². The number of imide groups is 1. The first-order chi connectivity index (χ1) is 10.8. The molecule has 8 heteroatoms. The van der Waals surface area contributed by atoms with Crippen molar-refractivity contribution in [1.29, 1.82) is 0 Å². The third-order valence-corrected chi connectivity index (χ3v) is 2.69. The van der Waals surface area contributed by atoms with Crippen molar-refractivity contribution in [3.8, 4) is 5.75 Å². The highest BCUT2D eigenvalue weighted by Gasteiger charge is 2.20. The second-order valence-electron chi connectivity index (χ2n) is 4.49. The lowest BCUT2D eigenvalue weighted by Crippen LogP contribution is -2.40. The summed E-state index contributed by atoms with van der Waals surface area (Å²) >= 11 is 0. The molecule has 2 amide bonds. The molecule has 0 heterocycles. The molecule has 8 nitrogen and oxygen atoms in total. The van der Waals surface area contributed by atoms with Crippen molar-refractivity contribution in [2.45, 2.75) is 20.0 Å². The Kier molecular flexibility index (Phi) is 6.72. The first-order valence-corrected chi connectivity index (χ1v) is 6.65. The van der Waals surface area contributed by atoms with Gasteiger partial charge in [0.1, 0.15) is 5.75 Å². The number of alkyl carbamates (subject to hydrolysis) is 1. The van der Waals surface area contributed by atoms with Crippen LogP contribution in [0.15, 0.2) is 24.3 Å². The lowest BCUT2D eigenvalue weighted by atomic mass is 10.1. The number of nitrogens with one attached hydrogen (secondary N) is 1. The Hall–Kier alpha value is -2.90. The van der Waals surface area contributed by atoms with Crippen LogP contribution in [0, 0.1) is 0 Å². The first kappa shape index (κ1) is 18.1. The first-order valence-electron chi connectivity index (χ1n) is 6.65. The van der Waals surface area contributed by atoms with Crippen LogP contribution in [0.2, 0.25) is 0 Å². The van der Waals surface area contributed by atoms with Crippen LogP contribution in [0.5, 0.6) is 5.75 Å². The van der Waals surface area contributed by atoms with E-state index in [1.54, 1.807) is 18.2 Å². The fourth-order valence-electron chi connectivity index (χ4n) is 1.49. The number of hydrogen-bond donors (Lipinski definition) is 1. The van der Waals surface area contributed by atoms with Gasteiger partial charge in [0.25, 0.3) is 5.91 Å². The van der Waals surface area contributed by atoms with Gasteiger partial charge in [-0.2, -0.15) is 0 Å². The molecule has 1 aromatic carbocycles. The van der Waals surface area contributed by atoms with Crippen molar-refractivity contribution < 1.29 is 33.4 Å². The van der Waals surface area contributed by atoms with Crippen molar-refractivity contribution in [2.24, 2.45) is 0 Å². The van der Waals surface area contributed by atoms with E-state index in [1.807, 2.05) is 5.32 Å². The van der Waals surface area contributed by atoms with E-state index in [9.17, 15) is 19.2 Å². The molecule has 0 aliphatic carbocycles. The molecule has 1 aromatic rings. The van der Waals surface area contributed by atoms with Crippen molar-refractivity contribution >= 4 is 23.8 Å². The summed E-state index contributed by atoms with van der Waals surface area (Å²) in [5.74, 6) is -1.43. The number of rotatable bonds is 6. The summed E-state index contributed by atoms with van der Waals surface area (Å²) < 4.78 is 14.2. The topological polar surface area (TPSA) is 108 Å². The third kappa shape index (κ3) is 6.16. The van der Waals surface area contributed by atoms with Gasteiger partial charge in [0.05, 0.1) is 7.11 Å². The summed E-state index contributed by atoms with van der Waals surface area (Å²) in [4.78, 5) is 45.2. The predicted molar refractivity (Wildman–Crippen MR) is 78.0 cm³/mol. The molecule has 0 bridgehead atoms. The minimum absolute atomic E-state index is 0.133. The zero-order chi connectivity index (χ0) is 17.4. The Morgan fingerprint density at radius 1 is 1.22 bits per heavy atom. The van der Waals surface area contributed by atoms with Crippen LogP contribution in [0.25, 0.3) is 0 Å². The van der Waals surface area contributed by atoms with Crippen LogP contribution >= 0.6 is 0 Å². The summed E-state index contributed by atoms with van der Waals surface area (Å²) in [5.41, 5.74) is 0.446. The second kappa shape index (κ2) is 8.52. The van der Waals surface area contributed by atoms with Gasteiger partial charge in [-0.05, 0) is 26.0 Å². The maximum Gasteiger partial charge on any atom is 0.413 e. The summed E-state index contributed by atoms with van der Waals surface area (Å²) in [5, 5.41) is 1.87. The van der Waals surface area contributed by atoms with E-state index in [2.05, 4.69) is 4.74 Å². The lowest BCUT2D eigenvalue weighted by molar-refractivity contribution is -0.156. The molecule has 124 valence electrons. The summed E-state index contributed by atoms with van der Waals surface area (Å²) in [7, 11) is 1.10. The van der Waals surface area contributed by atoms with Gasteiger partial charge in [0, 0.05) is 5.56 Å². The van der Waals surface area contributed by atoms with Crippen LogP contribution in [0.1, 0.15) is 24.2 Å². The molecular formula is C15H17NO7. The number of esters is 1.